The van der Waals surface area contributed by atoms with Crippen molar-refractivity contribution < 1.29 is 19.1 Å². The maximum atomic E-state index is 13.2. The fraction of sp³-hybridized carbons (Fsp3) is 0.462. The molecule has 3 heterocycles. The number of hydrogen-bond donors (Lipinski definition) is 4. The number of carbonyl (C=O) groups is 3. The van der Waals surface area contributed by atoms with Crippen molar-refractivity contribution in [3.8, 4) is 0 Å². The molecule has 1 aliphatic heterocycles. The molecule has 3 amide bonds. The van der Waals surface area contributed by atoms with E-state index in [1.807, 2.05) is 12.1 Å². The second-order valence-corrected chi connectivity index (χ2v) is 11.2. The minimum Gasteiger partial charge on any atom is -0.453 e. The van der Waals surface area contributed by atoms with Crippen molar-refractivity contribution in [3.05, 3.63) is 50.6 Å². The van der Waals surface area contributed by atoms with Crippen molar-refractivity contribution in [2.24, 2.45) is 0 Å². The van der Waals surface area contributed by atoms with Gasteiger partial charge in [0.1, 0.15) is 5.69 Å². The summed E-state index contributed by atoms with van der Waals surface area (Å²) in [6, 6.07) is 6.92. The molecule has 3 aromatic rings. The van der Waals surface area contributed by atoms with Crippen LogP contribution in [0.5, 0.6) is 0 Å². The van der Waals surface area contributed by atoms with Crippen LogP contribution in [-0.4, -0.2) is 71.6 Å². The minimum absolute atomic E-state index is 0. The van der Waals surface area contributed by atoms with E-state index in [0.717, 1.165) is 60.1 Å². The first-order valence-electron chi connectivity index (χ1n) is 12.8. The van der Waals surface area contributed by atoms with Crippen LogP contribution in [0.15, 0.2) is 24.3 Å². The molecular formula is C26H32Cl2N6O4S. The molecule has 39 heavy (non-hydrogen) atoms. The Balaban J connectivity index is 0.00000353. The van der Waals surface area contributed by atoms with E-state index < -0.39 is 6.09 Å². The van der Waals surface area contributed by atoms with Gasteiger partial charge in [0, 0.05) is 65.5 Å². The average Bonchev–Trinajstić information content (AvgIpc) is 3.53. The number of nitrogens with one attached hydrogen (secondary N) is 4. The van der Waals surface area contributed by atoms with Crippen molar-refractivity contribution in [1.29, 1.82) is 0 Å². The van der Waals surface area contributed by atoms with E-state index in [4.69, 9.17) is 11.6 Å². The Hall–Kier alpha value is -2.86. The highest BCUT2D eigenvalue weighted by atomic mass is 35.5. The number of benzene rings is 1. The van der Waals surface area contributed by atoms with Crippen LogP contribution in [0.4, 0.5) is 4.79 Å². The number of ether oxygens (including phenoxy) is 1. The molecule has 1 fully saturated rings. The summed E-state index contributed by atoms with van der Waals surface area (Å²) < 4.78 is 4.61. The fourth-order valence-corrected chi connectivity index (χ4v) is 6.34. The molecule has 2 unspecified atom stereocenters. The Morgan fingerprint density at radius 3 is 2.64 bits per heavy atom. The molecule has 1 aliphatic carbocycles. The van der Waals surface area contributed by atoms with Gasteiger partial charge in [-0.2, -0.15) is 0 Å². The number of halogens is 2. The molecule has 10 nitrogen and oxygen atoms in total. The SMILES string of the molecule is COC(=O)NCCN1CCc2nc(C(=O)NC3CCCCC3NC(=O)c3cc4cc(Cl)ccc4[nH]3)sc2C1.Cl. The van der Waals surface area contributed by atoms with Crippen molar-refractivity contribution in [3.63, 3.8) is 0 Å². The van der Waals surface area contributed by atoms with Crippen LogP contribution in [0.2, 0.25) is 5.02 Å². The van der Waals surface area contributed by atoms with Crippen LogP contribution in [0.25, 0.3) is 10.9 Å². The Morgan fingerprint density at radius 1 is 1.15 bits per heavy atom. The van der Waals surface area contributed by atoms with E-state index in [9.17, 15) is 14.4 Å². The molecule has 13 heteroatoms. The second kappa shape index (κ2) is 13.0. The van der Waals surface area contributed by atoms with Gasteiger partial charge in [0.15, 0.2) is 5.01 Å². The lowest BCUT2D eigenvalue weighted by Crippen LogP contribution is -2.53. The molecule has 0 radical (unpaired) electrons. The van der Waals surface area contributed by atoms with Gasteiger partial charge in [0.25, 0.3) is 11.8 Å². The quantitative estimate of drug-likeness (QED) is 0.328. The Kier molecular flexibility index (Phi) is 9.71. The molecule has 5 rings (SSSR count). The molecule has 2 atom stereocenters. The molecular weight excluding hydrogens is 563 g/mol. The monoisotopic (exact) mass is 594 g/mol. The minimum atomic E-state index is -0.442. The first-order valence-corrected chi connectivity index (χ1v) is 14.0. The van der Waals surface area contributed by atoms with Crippen LogP contribution in [0.3, 0.4) is 0 Å². The molecule has 4 N–H and O–H groups in total. The highest BCUT2D eigenvalue weighted by Gasteiger charge is 2.30. The third kappa shape index (κ3) is 7.02. The van der Waals surface area contributed by atoms with Crippen LogP contribution in [0.1, 0.15) is 56.5 Å². The molecule has 1 saturated carbocycles. The number of aromatic nitrogens is 2. The molecule has 2 aliphatic rings. The summed E-state index contributed by atoms with van der Waals surface area (Å²) in [5.74, 6) is -0.398. The van der Waals surface area contributed by atoms with Crippen LogP contribution in [0, 0.1) is 0 Å². The summed E-state index contributed by atoms with van der Waals surface area (Å²) in [6.07, 6.45) is 3.89. The smallest absolute Gasteiger partial charge is 0.406 e. The van der Waals surface area contributed by atoms with Crippen molar-refractivity contribution >= 4 is 64.2 Å². The number of rotatable bonds is 7. The standard InChI is InChI=1S/C26H31ClN6O4S.ClH/c1-37-26(36)28-9-11-33-10-8-20-22(14-33)38-25(32-20)24(35)31-19-5-3-2-4-18(19)30-23(34)21-13-15-12-16(27)6-7-17(15)29-21;/h6-7,12-13,18-19,29H,2-5,8-11,14H2,1H3,(H,28,36)(H,30,34)(H,31,35);1H. The first-order chi connectivity index (χ1) is 18.4. The summed E-state index contributed by atoms with van der Waals surface area (Å²) in [4.78, 5) is 48.5. The highest BCUT2D eigenvalue weighted by Crippen LogP contribution is 2.26. The third-order valence-corrected chi connectivity index (χ3v) is 8.43. The summed E-state index contributed by atoms with van der Waals surface area (Å²) in [6.45, 7) is 2.70. The van der Waals surface area contributed by atoms with E-state index in [1.54, 1.807) is 12.1 Å². The van der Waals surface area contributed by atoms with Crippen LogP contribution in [-0.2, 0) is 17.7 Å². The maximum absolute atomic E-state index is 13.2. The topological polar surface area (TPSA) is 128 Å². The molecule has 210 valence electrons. The number of alkyl carbamates (subject to hydrolysis) is 1. The van der Waals surface area contributed by atoms with Gasteiger partial charge in [-0.05, 0) is 37.1 Å². The van der Waals surface area contributed by atoms with E-state index in [0.29, 0.717) is 35.4 Å². The van der Waals surface area contributed by atoms with Crippen LogP contribution >= 0.6 is 35.3 Å². The maximum Gasteiger partial charge on any atom is 0.406 e. The van der Waals surface area contributed by atoms with Crippen molar-refractivity contribution in [2.45, 2.75) is 50.7 Å². The number of amides is 3. The first kappa shape index (κ1) is 29.1. The van der Waals surface area contributed by atoms with E-state index in [-0.39, 0.29) is 36.3 Å². The molecule has 0 saturated heterocycles. The van der Waals surface area contributed by atoms with Gasteiger partial charge < -0.3 is 25.7 Å². The number of methoxy groups -OCH3 is 1. The van der Waals surface area contributed by atoms with Gasteiger partial charge in [-0.15, -0.1) is 23.7 Å². The van der Waals surface area contributed by atoms with E-state index in [1.165, 1.54) is 18.4 Å². The Labute approximate surface area is 241 Å². The van der Waals surface area contributed by atoms with Gasteiger partial charge in [-0.25, -0.2) is 9.78 Å². The van der Waals surface area contributed by atoms with Gasteiger partial charge in [0.2, 0.25) is 0 Å². The zero-order valence-corrected chi connectivity index (χ0v) is 23.9. The van der Waals surface area contributed by atoms with Gasteiger partial charge >= 0.3 is 6.09 Å². The number of H-pyrrole nitrogens is 1. The van der Waals surface area contributed by atoms with E-state index >= 15 is 0 Å². The number of carbonyl (C=O) groups excluding carboxylic acids is 3. The second-order valence-electron chi connectivity index (χ2n) is 9.69. The largest absolute Gasteiger partial charge is 0.453 e. The number of fused-ring (bicyclic) bond motifs is 2. The van der Waals surface area contributed by atoms with Crippen molar-refractivity contribution in [2.75, 3.05) is 26.7 Å². The molecule has 0 spiro atoms. The summed E-state index contributed by atoms with van der Waals surface area (Å²) in [5.41, 5.74) is 2.28. The normalized spacial score (nSPS) is 19.0. The molecule has 0 bridgehead atoms. The number of hydrogen-bond acceptors (Lipinski definition) is 7. The molecule has 2 aromatic heterocycles. The third-order valence-electron chi connectivity index (χ3n) is 7.11. The van der Waals surface area contributed by atoms with Crippen LogP contribution < -0.4 is 16.0 Å². The highest BCUT2D eigenvalue weighted by molar-refractivity contribution is 7.13. The van der Waals surface area contributed by atoms with Crippen molar-refractivity contribution in [1.82, 2.24) is 30.8 Å². The Morgan fingerprint density at radius 2 is 1.90 bits per heavy atom. The summed E-state index contributed by atoms with van der Waals surface area (Å²) >= 11 is 7.49. The van der Waals surface area contributed by atoms with E-state index in [2.05, 4.69) is 35.6 Å². The zero-order chi connectivity index (χ0) is 26.6. The number of nitrogens with zero attached hydrogens (tertiary/aromatic N) is 2. The number of thiazole rings is 1. The van der Waals surface area contributed by atoms with Gasteiger partial charge in [0.05, 0.1) is 12.8 Å². The average molecular weight is 596 g/mol. The summed E-state index contributed by atoms with van der Waals surface area (Å²) in [5, 5.41) is 10.9. The van der Waals surface area contributed by atoms with Gasteiger partial charge in [-0.3, -0.25) is 14.5 Å². The number of aromatic amines is 1. The lowest BCUT2D eigenvalue weighted by Gasteiger charge is -2.32. The lowest BCUT2D eigenvalue weighted by molar-refractivity contribution is 0.0860. The predicted molar refractivity (Wildman–Crippen MR) is 153 cm³/mol. The van der Waals surface area contributed by atoms with Gasteiger partial charge in [-0.1, -0.05) is 24.4 Å². The fourth-order valence-electron chi connectivity index (χ4n) is 5.10. The summed E-state index contributed by atoms with van der Waals surface area (Å²) in [7, 11) is 1.34. The lowest BCUT2D eigenvalue weighted by atomic mass is 9.90. The zero-order valence-electron chi connectivity index (χ0n) is 21.5. The predicted octanol–water partition coefficient (Wildman–Crippen LogP) is 3.88. The Bertz CT molecular complexity index is 1350. The molecule has 1 aromatic carbocycles.